The van der Waals surface area contributed by atoms with Crippen molar-refractivity contribution < 1.29 is 4.74 Å². The summed E-state index contributed by atoms with van der Waals surface area (Å²) < 4.78 is 5.59. The molecule has 3 rings (SSSR count). The molecule has 3 aliphatic rings. The van der Waals surface area contributed by atoms with Crippen LogP contribution in [-0.4, -0.2) is 12.2 Å². The van der Waals surface area contributed by atoms with Crippen LogP contribution >= 0.6 is 0 Å². The van der Waals surface area contributed by atoms with E-state index in [2.05, 4.69) is 0 Å². The van der Waals surface area contributed by atoms with Gasteiger partial charge in [-0.3, -0.25) is 0 Å². The molecule has 1 aliphatic heterocycles. The predicted octanol–water partition coefficient (Wildman–Crippen LogP) is 2.75. The molecule has 0 aromatic heterocycles. The first-order chi connectivity index (χ1) is 5.88. The second kappa shape index (κ2) is 2.47. The molecule has 0 amide bonds. The summed E-state index contributed by atoms with van der Waals surface area (Å²) in [6, 6.07) is 0. The minimum Gasteiger partial charge on any atom is -0.370 e. The van der Waals surface area contributed by atoms with Crippen LogP contribution in [0.15, 0.2) is 0 Å². The highest BCUT2D eigenvalue weighted by Gasteiger charge is 2.50. The monoisotopic (exact) mass is 166 g/mol. The number of ether oxygens (including phenoxy) is 1. The Kier molecular flexibility index (Phi) is 1.52. The van der Waals surface area contributed by atoms with E-state index in [1.807, 2.05) is 0 Å². The first kappa shape index (κ1) is 7.37. The Balaban J connectivity index is 1.70. The van der Waals surface area contributed by atoms with Gasteiger partial charge < -0.3 is 4.74 Å². The summed E-state index contributed by atoms with van der Waals surface area (Å²) >= 11 is 0. The van der Waals surface area contributed by atoms with Crippen molar-refractivity contribution in [2.45, 2.75) is 50.5 Å². The highest BCUT2D eigenvalue weighted by Crippen LogP contribution is 2.50. The summed E-state index contributed by atoms with van der Waals surface area (Å²) in [5.41, 5.74) is 0.415. The molecule has 3 atom stereocenters. The third-order valence-electron chi connectivity index (χ3n) is 4.22. The van der Waals surface area contributed by atoms with E-state index in [-0.39, 0.29) is 0 Å². The van der Waals surface area contributed by atoms with Crippen molar-refractivity contribution in [3.05, 3.63) is 0 Å². The zero-order valence-corrected chi connectivity index (χ0v) is 7.72. The fourth-order valence-electron chi connectivity index (χ4n) is 3.33. The number of hydrogen-bond acceptors (Lipinski definition) is 1. The van der Waals surface area contributed by atoms with Crippen molar-refractivity contribution in [2.75, 3.05) is 6.61 Å². The maximum Gasteiger partial charge on any atom is 0.0919 e. The summed E-state index contributed by atoms with van der Waals surface area (Å²) in [7, 11) is 0. The lowest BCUT2D eigenvalue weighted by atomic mass is 9.67. The second-order valence-electron chi connectivity index (χ2n) is 5.02. The van der Waals surface area contributed by atoms with Crippen LogP contribution < -0.4 is 0 Å². The molecule has 68 valence electrons. The number of hydrogen-bond donors (Lipinski definition) is 0. The van der Waals surface area contributed by atoms with Gasteiger partial charge in [-0.25, -0.2) is 0 Å². The molecular weight excluding hydrogens is 148 g/mol. The van der Waals surface area contributed by atoms with E-state index >= 15 is 0 Å². The molecule has 0 aromatic rings. The quantitative estimate of drug-likeness (QED) is 0.504. The third kappa shape index (κ3) is 1.10. The molecule has 1 saturated heterocycles. The van der Waals surface area contributed by atoms with Crippen molar-refractivity contribution in [3.63, 3.8) is 0 Å². The van der Waals surface area contributed by atoms with E-state index in [0.717, 1.165) is 18.4 Å². The lowest BCUT2D eigenvalue weighted by Gasteiger charge is -2.38. The van der Waals surface area contributed by atoms with E-state index in [0.29, 0.717) is 5.60 Å². The Morgan fingerprint density at radius 3 is 2.50 bits per heavy atom. The van der Waals surface area contributed by atoms with Crippen molar-refractivity contribution in [3.8, 4) is 0 Å². The fraction of sp³-hybridized carbons (Fsp3) is 1.00. The molecule has 0 radical (unpaired) electrons. The van der Waals surface area contributed by atoms with Gasteiger partial charge in [0.1, 0.15) is 0 Å². The zero-order valence-electron chi connectivity index (χ0n) is 7.72. The summed E-state index contributed by atoms with van der Waals surface area (Å²) in [5, 5.41) is 0. The average molecular weight is 166 g/mol. The van der Waals surface area contributed by atoms with Crippen LogP contribution in [0.2, 0.25) is 0 Å². The SMILES string of the molecule is C1CC[C@H]2C[C@@]3(CC[C@@H]2C1)CO3. The molecule has 0 bridgehead atoms. The molecule has 1 heterocycles. The van der Waals surface area contributed by atoms with Gasteiger partial charge in [0.05, 0.1) is 12.2 Å². The Labute approximate surface area is 74.5 Å². The van der Waals surface area contributed by atoms with Gasteiger partial charge in [-0.2, -0.15) is 0 Å². The second-order valence-corrected chi connectivity index (χ2v) is 5.02. The molecule has 1 spiro atoms. The first-order valence-electron chi connectivity index (χ1n) is 5.52. The van der Waals surface area contributed by atoms with Crippen molar-refractivity contribution in [2.24, 2.45) is 11.8 Å². The molecule has 2 aliphatic carbocycles. The van der Waals surface area contributed by atoms with E-state index in [1.54, 1.807) is 0 Å². The highest BCUT2D eigenvalue weighted by molar-refractivity contribution is 4.99. The predicted molar refractivity (Wildman–Crippen MR) is 48.0 cm³/mol. The molecule has 0 unspecified atom stereocenters. The molecule has 12 heavy (non-hydrogen) atoms. The molecule has 0 N–H and O–H groups in total. The van der Waals surface area contributed by atoms with Crippen LogP contribution in [0.3, 0.4) is 0 Å². The van der Waals surface area contributed by atoms with Gasteiger partial charge in [-0.05, 0) is 31.1 Å². The standard InChI is InChI=1S/C11H18O/c1-2-4-10-7-11(8-12-11)6-5-9(10)3-1/h9-10H,1-8H2/t9-,10-,11-/m0/s1. The van der Waals surface area contributed by atoms with Gasteiger partial charge in [0, 0.05) is 0 Å². The molecule has 2 saturated carbocycles. The Morgan fingerprint density at radius 2 is 1.75 bits per heavy atom. The van der Waals surface area contributed by atoms with Crippen LogP contribution in [0.4, 0.5) is 0 Å². The van der Waals surface area contributed by atoms with Gasteiger partial charge in [0.25, 0.3) is 0 Å². The maximum atomic E-state index is 5.59. The van der Waals surface area contributed by atoms with Crippen LogP contribution in [0.5, 0.6) is 0 Å². The van der Waals surface area contributed by atoms with Crippen molar-refractivity contribution in [1.29, 1.82) is 0 Å². The normalized spacial score (nSPS) is 52.0. The van der Waals surface area contributed by atoms with Gasteiger partial charge in [0.2, 0.25) is 0 Å². The van der Waals surface area contributed by atoms with E-state index in [9.17, 15) is 0 Å². The summed E-state index contributed by atoms with van der Waals surface area (Å²) in [5.74, 6) is 2.11. The summed E-state index contributed by atoms with van der Waals surface area (Å²) in [6.07, 6.45) is 10.2. The van der Waals surface area contributed by atoms with Gasteiger partial charge in [0.15, 0.2) is 0 Å². The highest BCUT2D eigenvalue weighted by atomic mass is 16.6. The molecule has 1 heteroatoms. The van der Waals surface area contributed by atoms with Crippen LogP contribution in [0.25, 0.3) is 0 Å². The number of epoxide rings is 1. The first-order valence-corrected chi connectivity index (χ1v) is 5.52. The van der Waals surface area contributed by atoms with Gasteiger partial charge >= 0.3 is 0 Å². The maximum absolute atomic E-state index is 5.59. The van der Waals surface area contributed by atoms with Gasteiger partial charge in [-0.1, -0.05) is 25.7 Å². The Hall–Kier alpha value is -0.0400. The number of rotatable bonds is 0. The minimum absolute atomic E-state index is 0.415. The van der Waals surface area contributed by atoms with Gasteiger partial charge in [-0.15, -0.1) is 0 Å². The van der Waals surface area contributed by atoms with Crippen LogP contribution in [0.1, 0.15) is 44.9 Å². The lowest BCUT2D eigenvalue weighted by Crippen LogP contribution is -2.32. The molecule has 1 nitrogen and oxygen atoms in total. The van der Waals surface area contributed by atoms with E-state index < -0.39 is 0 Å². The van der Waals surface area contributed by atoms with Crippen molar-refractivity contribution in [1.82, 2.24) is 0 Å². The van der Waals surface area contributed by atoms with Crippen LogP contribution in [0, 0.1) is 11.8 Å². The molecule has 3 fully saturated rings. The van der Waals surface area contributed by atoms with E-state index in [4.69, 9.17) is 4.74 Å². The van der Waals surface area contributed by atoms with E-state index in [1.165, 1.54) is 44.9 Å². The van der Waals surface area contributed by atoms with Crippen LogP contribution in [-0.2, 0) is 4.74 Å². The molecule has 0 aromatic carbocycles. The fourth-order valence-corrected chi connectivity index (χ4v) is 3.33. The zero-order chi connectivity index (χ0) is 8.02. The molecular formula is C11H18O. The average Bonchev–Trinajstić information content (AvgIpc) is 2.85. The number of fused-ring (bicyclic) bond motifs is 1. The topological polar surface area (TPSA) is 12.5 Å². The smallest absolute Gasteiger partial charge is 0.0919 e. The minimum atomic E-state index is 0.415. The largest absolute Gasteiger partial charge is 0.370 e. The Morgan fingerprint density at radius 1 is 1.00 bits per heavy atom. The Bertz CT molecular complexity index is 183. The summed E-state index contributed by atoms with van der Waals surface area (Å²) in [4.78, 5) is 0. The van der Waals surface area contributed by atoms with Crippen molar-refractivity contribution >= 4 is 0 Å². The summed E-state index contributed by atoms with van der Waals surface area (Å²) in [6.45, 7) is 1.08. The lowest BCUT2D eigenvalue weighted by molar-refractivity contribution is 0.101. The third-order valence-corrected chi connectivity index (χ3v) is 4.22.